The summed E-state index contributed by atoms with van der Waals surface area (Å²) in [7, 11) is 1.24. The molecule has 1 atom stereocenters. The first-order valence-corrected chi connectivity index (χ1v) is 4.37. The summed E-state index contributed by atoms with van der Waals surface area (Å²) in [6, 6.07) is 1.12. The minimum absolute atomic E-state index is 0.0844. The molecule has 0 aliphatic carbocycles. The predicted molar refractivity (Wildman–Crippen MR) is 51.9 cm³/mol. The van der Waals surface area contributed by atoms with Gasteiger partial charge >= 0.3 is 5.97 Å². The molecule has 1 aromatic carbocycles. The average Bonchev–Trinajstić information content (AvgIpc) is 2.23. The molecule has 1 rings (SSSR count). The van der Waals surface area contributed by atoms with Crippen LogP contribution in [0.15, 0.2) is 6.07 Å². The summed E-state index contributed by atoms with van der Waals surface area (Å²) in [6.45, 7) is 1.50. The highest BCUT2D eigenvalue weighted by atomic mass is 19.1. The Balaban J connectivity index is 3.39. The smallest absolute Gasteiger partial charge is 0.337 e. The number of methoxy groups -OCH3 is 1. The molecular formula is C10H11FO5. The molecule has 0 heterocycles. The fourth-order valence-corrected chi connectivity index (χ4v) is 1.37. The Morgan fingerprint density at radius 3 is 2.56 bits per heavy atom. The van der Waals surface area contributed by atoms with Gasteiger partial charge in [0.25, 0.3) is 0 Å². The zero-order valence-electron chi connectivity index (χ0n) is 8.69. The van der Waals surface area contributed by atoms with Crippen LogP contribution < -0.4 is 4.74 Å². The monoisotopic (exact) mass is 230 g/mol. The molecule has 0 aliphatic rings. The van der Waals surface area contributed by atoms with Gasteiger partial charge in [0.1, 0.15) is 0 Å². The molecule has 0 spiro atoms. The summed E-state index contributed by atoms with van der Waals surface area (Å²) in [5.74, 6) is -3.68. The van der Waals surface area contributed by atoms with Crippen LogP contribution in [0.1, 0.15) is 17.2 Å². The fourth-order valence-electron chi connectivity index (χ4n) is 1.37. The number of phenols is 1. The Kier molecular flexibility index (Phi) is 3.34. The van der Waals surface area contributed by atoms with E-state index in [1.165, 1.54) is 14.0 Å². The van der Waals surface area contributed by atoms with Crippen molar-refractivity contribution in [2.24, 2.45) is 0 Å². The first-order chi connectivity index (χ1) is 7.40. The zero-order valence-corrected chi connectivity index (χ0v) is 8.69. The van der Waals surface area contributed by atoms with E-state index in [2.05, 4.69) is 0 Å². The van der Waals surface area contributed by atoms with Crippen molar-refractivity contribution in [3.63, 3.8) is 0 Å². The number of hydrogen-bond donors (Lipinski definition) is 3. The molecule has 0 aliphatic heterocycles. The number of aliphatic carboxylic acids is 1. The van der Waals surface area contributed by atoms with Crippen molar-refractivity contribution in [3.05, 3.63) is 23.0 Å². The number of aliphatic hydroxyl groups is 1. The van der Waals surface area contributed by atoms with E-state index in [0.29, 0.717) is 5.56 Å². The van der Waals surface area contributed by atoms with Crippen molar-refractivity contribution < 1.29 is 29.2 Å². The van der Waals surface area contributed by atoms with Gasteiger partial charge in [0, 0.05) is 5.56 Å². The van der Waals surface area contributed by atoms with Crippen molar-refractivity contribution in [3.8, 4) is 11.5 Å². The Bertz CT molecular complexity index is 430. The number of halogens is 1. The Morgan fingerprint density at radius 1 is 1.56 bits per heavy atom. The second-order valence-corrected chi connectivity index (χ2v) is 3.22. The van der Waals surface area contributed by atoms with Crippen LogP contribution in [-0.4, -0.2) is 28.4 Å². The standard InChI is InChI=1S/C10H11FO5/c1-4-3-5(7(12)10(14)15)6(11)8(13)9(4)16-2/h3,7,12-13H,1-2H3,(H,14,15). The Labute approximate surface area is 90.7 Å². The van der Waals surface area contributed by atoms with Gasteiger partial charge in [-0.05, 0) is 18.6 Å². The molecule has 0 saturated carbocycles. The third kappa shape index (κ3) is 1.92. The molecule has 0 aromatic heterocycles. The van der Waals surface area contributed by atoms with Gasteiger partial charge in [-0.3, -0.25) is 0 Å². The highest BCUT2D eigenvalue weighted by Crippen LogP contribution is 2.36. The van der Waals surface area contributed by atoms with Gasteiger partial charge in [-0.25, -0.2) is 9.18 Å². The maximum atomic E-state index is 13.5. The summed E-state index contributed by atoms with van der Waals surface area (Å²) in [4.78, 5) is 10.5. The van der Waals surface area contributed by atoms with Crippen molar-refractivity contribution >= 4 is 5.97 Å². The number of aryl methyl sites for hydroxylation is 1. The van der Waals surface area contributed by atoms with E-state index in [1.807, 2.05) is 0 Å². The number of benzene rings is 1. The number of aliphatic hydroxyl groups excluding tert-OH is 1. The van der Waals surface area contributed by atoms with E-state index in [0.717, 1.165) is 6.07 Å². The highest BCUT2D eigenvalue weighted by Gasteiger charge is 2.25. The van der Waals surface area contributed by atoms with Crippen LogP contribution in [0.5, 0.6) is 11.5 Å². The molecule has 0 fully saturated rings. The number of ether oxygens (including phenoxy) is 1. The first-order valence-electron chi connectivity index (χ1n) is 4.37. The third-order valence-corrected chi connectivity index (χ3v) is 2.14. The molecule has 0 saturated heterocycles. The quantitative estimate of drug-likeness (QED) is 0.720. The second kappa shape index (κ2) is 4.36. The summed E-state index contributed by atoms with van der Waals surface area (Å²) < 4.78 is 18.2. The SMILES string of the molecule is COc1c(C)cc(C(O)C(=O)O)c(F)c1O. The van der Waals surface area contributed by atoms with E-state index >= 15 is 0 Å². The van der Waals surface area contributed by atoms with Gasteiger partial charge in [-0.15, -0.1) is 0 Å². The summed E-state index contributed by atoms with van der Waals surface area (Å²) in [5.41, 5.74) is -0.167. The maximum Gasteiger partial charge on any atom is 0.337 e. The molecule has 6 heteroatoms. The predicted octanol–water partition coefficient (Wildman–Crippen LogP) is 0.966. The van der Waals surface area contributed by atoms with Crippen LogP contribution in [0, 0.1) is 12.7 Å². The maximum absolute atomic E-state index is 13.5. The lowest BCUT2D eigenvalue weighted by Gasteiger charge is -2.13. The minimum Gasteiger partial charge on any atom is -0.502 e. The van der Waals surface area contributed by atoms with Gasteiger partial charge < -0.3 is 20.1 Å². The molecule has 16 heavy (non-hydrogen) atoms. The normalized spacial score (nSPS) is 12.2. The topological polar surface area (TPSA) is 87.0 Å². The molecular weight excluding hydrogens is 219 g/mol. The lowest BCUT2D eigenvalue weighted by Crippen LogP contribution is -2.13. The number of carbonyl (C=O) groups is 1. The molecule has 0 bridgehead atoms. The molecule has 5 nitrogen and oxygen atoms in total. The van der Waals surface area contributed by atoms with Gasteiger partial charge in [-0.1, -0.05) is 0 Å². The van der Waals surface area contributed by atoms with Gasteiger partial charge in [0.15, 0.2) is 23.4 Å². The number of hydrogen-bond acceptors (Lipinski definition) is 4. The van der Waals surface area contributed by atoms with Crippen molar-refractivity contribution in [1.29, 1.82) is 0 Å². The summed E-state index contributed by atoms with van der Waals surface area (Å²) >= 11 is 0. The van der Waals surface area contributed by atoms with Crippen LogP contribution in [0.2, 0.25) is 0 Å². The first kappa shape index (κ1) is 12.3. The van der Waals surface area contributed by atoms with Gasteiger partial charge in [0.2, 0.25) is 0 Å². The lowest BCUT2D eigenvalue weighted by molar-refractivity contribution is -0.147. The fraction of sp³-hybridized carbons (Fsp3) is 0.300. The number of phenolic OH excluding ortho intramolecular Hbond substituents is 1. The van der Waals surface area contributed by atoms with E-state index in [9.17, 15) is 19.4 Å². The number of aromatic hydroxyl groups is 1. The number of carboxylic acid groups (broad SMARTS) is 1. The largest absolute Gasteiger partial charge is 0.502 e. The van der Waals surface area contributed by atoms with Crippen LogP contribution >= 0.6 is 0 Å². The molecule has 3 N–H and O–H groups in total. The minimum atomic E-state index is -2.02. The van der Waals surface area contributed by atoms with E-state index in [4.69, 9.17) is 9.84 Å². The molecule has 88 valence electrons. The van der Waals surface area contributed by atoms with Crippen molar-refractivity contribution in [1.82, 2.24) is 0 Å². The van der Waals surface area contributed by atoms with E-state index in [1.54, 1.807) is 0 Å². The van der Waals surface area contributed by atoms with Crippen LogP contribution in [0.3, 0.4) is 0 Å². The second-order valence-electron chi connectivity index (χ2n) is 3.22. The molecule has 0 amide bonds. The third-order valence-electron chi connectivity index (χ3n) is 2.14. The van der Waals surface area contributed by atoms with Gasteiger partial charge in [0.05, 0.1) is 7.11 Å². The lowest BCUT2D eigenvalue weighted by atomic mass is 10.0. The summed E-state index contributed by atoms with van der Waals surface area (Å²) in [5, 5.41) is 27.1. The van der Waals surface area contributed by atoms with Crippen LogP contribution in [0.4, 0.5) is 4.39 Å². The highest BCUT2D eigenvalue weighted by molar-refractivity contribution is 5.74. The van der Waals surface area contributed by atoms with Crippen LogP contribution in [-0.2, 0) is 4.79 Å². The molecule has 1 aromatic rings. The Morgan fingerprint density at radius 2 is 2.12 bits per heavy atom. The van der Waals surface area contributed by atoms with Crippen molar-refractivity contribution in [2.45, 2.75) is 13.0 Å². The van der Waals surface area contributed by atoms with Gasteiger partial charge in [-0.2, -0.15) is 0 Å². The van der Waals surface area contributed by atoms with E-state index < -0.39 is 29.2 Å². The van der Waals surface area contributed by atoms with Crippen molar-refractivity contribution in [2.75, 3.05) is 7.11 Å². The zero-order chi connectivity index (χ0) is 12.5. The Hall–Kier alpha value is -1.82. The number of rotatable bonds is 3. The average molecular weight is 230 g/mol. The van der Waals surface area contributed by atoms with Crippen LogP contribution in [0.25, 0.3) is 0 Å². The molecule has 0 radical (unpaired) electrons. The summed E-state index contributed by atoms with van der Waals surface area (Å²) in [6.07, 6.45) is -2.02. The van der Waals surface area contributed by atoms with E-state index in [-0.39, 0.29) is 5.75 Å². The number of carboxylic acids is 1. The molecule has 1 unspecified atom stereocenters.